The lowest BCUT2D eigenvalue weighted by atomic mass is 10.1. The monoisotopic (exact) mass is 372 g/mol. The van der Waals surface area contributed by atoms with Crippen LogP contribution in [0.2, 0.25) is 0 Å². The summed E-state index contributed by atoms with van der Waals surface area (Å²) in [6.45, 7) is 4.62. The Morgan fingerprint density at radius 1 is 1.31 bits per heavy atom. The number of carbonyl (C=O) groups excluding carboxylic acids is 1. The molecular weight excluding hydrogens is 353 g/mol. The Morgan fingerprint density at radius 2 is 1.96 bits per heavy atom. The van der Waals surface area contributed by atoms with Crippen LogP contribution in [0.25, 0.3) is 11.4 Å². The quantitative estimate of drug-likeness (QED) is 0.785. The van der Waals surface area contributed by atoms with E-state index in [-0.39, 0.29) is 18.4 Å². The highest BCUT2D eigenvalue weighted by Crippen LogP contribution is 2.29. The van der Waals surface area contributed by atoms with Gasteiger partial charge in [-0.15, -0.1) is 0 Å². The standard InChI is InChI=1S/C16H19F3N4O3/c1-10(2)8-20-15(24)23(25-3)9-11-4-6-12(7-5-11)13-21-14(26-22-13)16(17,18)19/h4-7,10H,8-9H2,1-3H3,(H,20,24). The van der Waals surface area contributed by atoms with E-state index in [0.29, 0.717) is 18.0 Å². The first kappa shape index (κ1) is 19.7. The number of carbonyl (C=O) groups is 1. The van der Waals surface area contributed by atoms with Crippen LogP contribution < -0.4 is 5.32 Å². The molecule has 0 fully saturated rings. The minimum atomic E-state index is -4.69. The van der Waals surface area contributed by atoms with Crippen LogP contribution in [-0.4, -0.2) is 34.9 Å². The van der Waals surface area contributed by atoms with E-state index in [1.807, 2.05) is 13.8 Å². The number of nitrogens with one attached hydrogen (secondary N) is 1. The molecule has 1 aromatic heterocycles. The number of amides is 2. The van der Waals surface area contributed by atoms with Gasteiger partial charge in [0.25, 0.3) is 0 Å². The number of hydrogen-bond acceptors (Lipinski definition) is 5. The van der Waals surface area contributed by atoms with Crippen molar-refractivity contribution in [2.24, 2.45) is 5.92 Å². The van der Waals surface area contributed by atoms with Crippen molar-refractivity contribution in [1.82, 2.24) is 20.5 Å². The van der Waals surface area contributed by atoms with Crippen LogP contribution in [0.3, 0.4) is 0 Å². The summed E-state index contributed by atoms with van der Waals surface area (Å²) in [5.74, 6) is -1.26. The lowest BCUT2D eigenvalue weighted by Crippen LogP contribution is -2.40. The van der Waals surface area contributed by atoms with Gasteiger partial charge in [0.15, 0.2) is 0 Å². The molecule has 1 aromatic carbocycles. The molecule has 0 aliphatic heterocycles. The molecule has 0 saturated carbocycles. The van der Waals surface area contributed by atoms with Crippen molar-refractivity contribution in [3.63, 3.8) is 0 Å². The molecule has 0 aliphatic rings. The third-order valence-corrected chi connectivity index (χ3v) is 3.32. The van der Waals surface area contributed by atoms with E-state index in [2.05, 4.69) is 20.0 Å². The molecule has 0 bridgehead atoms. The third-order valence-electron chi connectivity index (χ3n) is 3.32. The average molecular weight is 372 g/mol. The lowest BCUT2D eigenvalue weighted by molar-refractivity contribution is -0.159. The maximum Gasteiger partial charge on any atom is 0.471 e. The van der Waals surface area contributed by atoms with Gasteiger partial charge in [0.2, 0.25) is 5.82 Å². The van der Waals surface area contributed by atoms with Gasteiger partial charge < -0.3 is 9.84 Å². The number of benzene rings is 1. The van der Waals surface area contributed by atoms with E-state index in [1.54, 1.807) is 24.3 Å². The molecule has 0 aliphatic carbocycles. The normalized spacial score (nSPS) is 11.7. The van der Waals surface area contributed by atoms with Gasteiger partial charge >= 0.3 is 18.1 Å². The van der Waals surface area contributed by atoms with E-state index < -0.39 is 12.1 Å². The first-order valence-corrected chi connectivity index (χ1v) is 7.80. The van der Waals surface area contributed by atoms with Gasteiger partial charge in [-0.1, -0.05) is 43.3 Å². The largest absolute Gasteiger partial charge is 0.471 e. The Bertz CT molecular complexity index is 729. The fraction of sp³-hybridized carbons (Fsp3) is 0.438. The Morgan fingerprint density at radius 3 is 2.46 bits per heavy atom. The molecule has 26 heavy (non-hydrogen) atoms. The van der Waals surface area contributed by atoms with Crippen molar-refractivity contribution in [1.29, 1.82) is 0 Å². The van der Waals surface area contributed by atoms with Crippen LogP contribution >= 0.6 is 0 Å². The van der Waals surface area contributed by atoms with Crippen molar-refractivity contribution in [2.45, 2.75) is 26.6 Å². The summed E-state index contributed by atoms with van der Waals surface area (Å²) in [7, 11) is 1.38. The summed E-state index contributed by atoms with van der Waals surface area (Å²) < 4.78 is 41.7. The van der Waals surface area contributed by atoms with Crippen LogP contribution in [0.1, 0.15) is 25.3 Å². The molecule has 0 spiro atoms. The van der Waals surface area contributed by atoms with E-state index in [4.69, 9.17) is 4.84 Å². The molecule has 2 rings (SSSR count). The number of urea groups is 1. The van der Waals surface area contributed by atoms with Crippen molar-refractivity contribution in [2.75, 3.05) is 13.7 Å². The number of nitrogens with zero attached hydrogens (tertiary/aromatic N) is 3. The number of hydrogen-bond donors (Lipinski definition) is 1. The molecule has 1 N–H and O–H groups in total. The van der Waals surface area contributed by atoms with Gasteiger partial charge in [0, 0.05) is 12.1 Å². The Labute approximate surface area is 148 Å². The highest BCUT2D eigenvalue weighted by Gasteiger charge is 2.38. The highest BCUT2D eigenvalue weighted by molar-refractivity contribution is 5.73. The van der Waals surface area contributed by atoms with Crippen LogP contribution in [0.4, 0.5) is 18.0 Å². The van der Waals surface area contributed by atoms with Crippen molar-refractivity contribution in [3.05, 3.63) is 35.7 Å². The molecule has 10 heteroatoms. The van der Waals surface area contributed by atoms with E-state index >= 15 is 0 Å². The minimum absolute atomic E-state index is 0.165. The molecule has 2 aromatic rings. The predicted molar refractivity (Wildman–Crippen MR) is 85.5 cm³/mol. The summed E-state index contributed by atoms with van der Waals surface area (Å²) in [4.78, 5) is 20.4. The van der Waals surface area contributed by atoms with Gasteiger partial charge in [-0.05, 0) is 11.5 Å². The zero-order valence-electron chi connectivity index (χ0n) is 14.5. The zero-order chi connectivity index (χ0) is 19.3. The van der Waals surface area contributed by atoms with Crippen molar-refractivity contribution >= 4 is 6.03 Å². The number of aromatic nitrogens is 2. The maximum atomic E-state index is 12.5. The summed E-state index contributed by atoms with van der Waals surface area (Å²) in [5, 5.41) is 7.20. The SMILES string of the molecule is CON(Cc1ccc(-c2noc(C(F)(F)F)n2)cc1)C(=O)NCC(C)C. The Balaban J connectivity index is 2.04. The molecule has 0 atom stereocenters. The third kappa shape index (κ3) is 5.19. The minimum Gasteiger partial charge on any atom is -0.336 e. The molecule has 0 radical (unpaired) electrons. The fourth-order valence-corrected chi connectivity index (χ4v) is 1.98. The van der Waals surface area contributed by atoms with E-state index in [9.17, 15) is 18.0 Å². The van der Waals surface area contributed by atoms with Gasteiger partial charge in [0.05, 0.1) is 13.7 Å². The number of halogens is 3. The van der Waals surface area contributed by atoms with Crippen LogP contribution in [0.15, 0.2) is 28.8 Å². The van der Waals surface area contributed by atoms with Crippen LogP contribution in [0, 0.1) is 5.92 Å². The average Bonchev–Trinajstić information content (AvgIpc) is 3.08. The molecule has 2 amide bonds. The topological polar surface area (TPSA) is 80.5 Å². The van der Waals surface area contributed by atoms with E-state index in [0.717, 1.165) is 10.6 Å². The lowest BCUT2D eigenvalue weighted by Gasteiger charge is -2.21. The Kier molecular flexibility index (Phi) is 6.19. The fourth-order valence-electron chi connectivity index (χ4n) is 1.98. The van der Waals surface area contributed by atoms with Gasteiger partial charge in [-0.2, -0.15) is 23.2 Å². The van der Waals surface area contributed by atoms with Gasteiger partial charge in [-0.25, -0.2) is 4.79 Å². The summed E-state index contributed by atoms with van der Waals surface area (Å²) in [6, 6.07) is 5.99. The molecule has 142 valence electrons. The Hall–Kier alpha value is -2.62. The van der Waals surface area contributed by atoms with Crippen LogP contribution in [-0.2, 0) is 17.6 Å². The highest BCUT2D eigenvalue weighted by atomic mass is 19.4. The van der Waals surface area contributed by atoms with Crippen molar-refractivity contribution < 1.29 is 27.3 Å². The molecule has 1 heterocycles. The second kappa shape index (κ2) is 8.17. The molecule has 0 unspecified atom stereocenters. The second-order valence-corrected chi connectivity index (χ2v) is 5.92. The summed E-state index contributed by atoms with van der Waals surface area (Å²) >= 11 is 0. The van der Waals surface area contributed by atoms with Crippen molar-refractivity contribution in [3.8, 4) is 11.4 Å². The smallest absolute Gasteiger partial charge is 0.336 e. The number of rotatable bonds is 6. The zero-order valence-corrected chi connectivity index (χ0v) is 14.5. The van der Waals surface area contributed by atoms with Crippen LogP contribution in [0.5, 0.6) is 0 Å². The molecule has 0 saturated heterocycles. The van der Waals surface area contributed by atoms with Gasteiger partial charge in [-0.3, -0.25) is 4.84 Å². The molecular formula is C16H19F3N4O3. The van der Waals surface area contributed by atoms with E-state index in [1.165, 1.54) is 7.11 Å². The second-order valence-electron chi connectivity index (χ2n) is 5.92. The first-order valence-electron chi connectivity index (χ1n) is 7.80. The number of alkyl halides is 3. The number of hydroxylamine groups is 2. The predicted octanol–water partition coefficient (Wildman–Crippen LogP) is 3.48. The maximum absolute atomic E-state index is 12.5. The summed E-state index contributed by atoms with van der Waals surface area (Å²) in [5.41, 5.74) is 1.08. The van der Waals surface area contributed by atoms with Gasteiger partial charge in [0.1, 0.15) is 0 Å². The molecule has 7 nitrogen and oxygen atoms in total. The summed E-state index contributed by atoms with van der Waals surface area (Å²) in [6.07, 6.45) is -4.69. The first-order chi connectivity index (χ1) is 12.2.